The molecular formula is C15H17IN2. The first-order valence-corrected chi connectivity index (χ1v) is 7.47. The van der Waals surface area contributed by atoms with Crippen molar-refractivity contribution < 1.29 is 0 Å². The summed E-state index contributed by atoms with van der Waals surface area (Å²) in [5.74, 6) is 0. The number of halogens is 1. The van der Waals surface area contributed by atoms with Gasteiger partial charge in [-0.2, -0.15) is 0 Å². The van der Waals surface area contributed by atoms with Crippen LogP contribution in [0.1, 0.15) is 35.8 Å². The monoisotopic (exact) mass is 352 g/mol. The highest BCUT2D eigenvalue weighted by Gasteiger charge is 2.22. The predicted octanol–water partition coefficient (Wildman–Crippen LogP) is 3.73. The fourth-order valence-electron chi connectivity index (χ4n) is 2.91. The Balaban J connectivity index is 2.18. The Hall–Kier alpha value is -0.810. The minimum Gasteiger partial charge on any atom is -0.324 e. The zero-order chi connectivity index (χ0) is 12.7. The van der Waals surface area contributed by atoms with E-state index >= 15 is 0 Å². The predicted molar refractivity (Wildman–Crippen MR) is 83.1 cm³/mol. The van der Waals surface area contributed by atoms with Crippen LogP contribution in [0.15, 0.2) is 30.3 Å². The molecule has 0 aliphatic heterocycles. The van der Waals surface area contributed by atoms with Gasteiger partial charge in [-0.25, -0.2) is 0 Å². The number of rotatable bonds is 1. The quantitative estimate of drug-likeness (QED) is 0.779. The SMILES string of the molecule is Cc1cc2c(n1-c1cccc(I)c1)CCCC2N. The second kappa shape index (κ2) is 4.70. The Morgan fingerprint density at radius 1 is 1.33 bits per heavy atom. The molecule has 0 saturated heterocycles. The molecule has 1 unspecified atom stereocenters. The topological polar surface area (TPSA) is 30.9 Å². The lowest BCUT2D eigenvalue weighted by molar-refractivity contribution is 0.560. The van der Waals surface area contributed by atoms with E-state index in [1.54, 1.807) is 0 Å². The Morgan fingerprint density at radius 2 is 2.17 bits per heavy atom. The Bertz CT molecular complexity index is 586. The van der Waals surface area contributed by atoms with Gasteiger partial charge >= 0.3 is 0 Å². The molecule has 1 aliphatic rings. The molecular weight excluding hydrogens is 335 g/mol. The molecule has 1 atom stereocenters. The van der Waals surface area contributed by atoms with Crippen molar-refractivity contribution in [2.75, 3.05) is 0 Å². The van der Waals surface area contributed by atoms with E-state index in [9.17, 15) is 0 Å². The summed E-state index contributed by atoms with van der Waals surface area (Å²) in [4.78, 5) is 0. The van der Waals surface area contributed by atoms with Gasteiger partial charge in [-0.1, -0.05) is 6.07 Å². The number of fused-ring (bicyclic) bond motifs is 1. The summed E-state index contributed by atoms with van der Waals surface area (Å²) in [6.45, 7) is 2.17. The van der Waals surface area contributed by atoms with Crippen LogP contribution in [-0.2, 0) is 6.42 Å². The van der Waals surface area contributed by atoms with E-state index in [4.69, 9.17) is 5.73 Å². The number of hydrogen-bond donors (Lipinski definition) is 1. The molecule has 1 heterocycles. The van der Waals surface area contributed by atoms with Crippen molar-refractivity contribution >= 4 is 22.6 Å². The average Bonchev–Trinajstić information content (AvgIpc) is 2.67. The fraction of sp³-hybridized carbons (Fsp3) is 0.333. The second-order valence-electron chi connectivity index (χ2n) is 5.00. The van der Waals surface area contributed by atoms with E-state index in [2.05, 4.69) is 64.4 Å². The number of aryl methyl sites for hydroxylation is 1. The second-order valence-corrected chi connectivity index (χ2v) is 6.25. The largest absolute Gasteiger partial charge is 0.324 e. The molecule has 18 heavy (non-hydrogen) atoms. The zero-order valence-corrected chi connectivity index (χ0v) is 12.6. The number of hydrogen-bond acceptors (Lipinski definition) is 1. The maximum absolute atomic E-state index is 6.22. The summed E-state index contributed by atoms with van der Waals surface area (Å²) in [6.07, 6.45) is 3.45. The van der Waals surface area contributed by atoms with E-state index in [-0.39, 0.29) is 6.04 Å². The van der Waals surface area contributed by atoms with Crippen molar-refractivity contribution in [3.8, 4) is 5.69 Å². The summed E-state index contributed by atoms with van der Waals surface area (Å²) in [5.41, 5.74) is 11.5. The van der Waals surface area contributed by atoms with Gasteiger partial charge in [-0.15, -0.1) is 0 Å². The Morgan fingerprint density at radius 3 is 2.94 bits per heavy atom. The van der Waals surface area contributed by atoms with Crippen LogP contribution in [0.25, 0.3) is 5.69 Å². The number of nitrogens with two attached hydrogens (primary N) is 1. The van der Waals surface area contributed by atoms with E-state index in [0.717, 1.165) is 12.8 Å². The Kier molecular flexibility index (Phi) is 3.20. The molecule has 1 aliphatic carbocycles. The van der Waals surface area contributed by atoms with E-state index in [1.165, 1.54) is 32.6 Å². The molecule has 94 valence electrons. The van der Waals surface area contributed by atoms with Crippen LogP contribution >= 0.6 is 22.6 Å². The third-order valence-corrected chi connectivity index (χ3v) is 4.39. The van der Waals surface area contributed by atoms with Crippen molar-refractivity contribution in [2.24, 2.45) is 5.73 Å². The first-order chi connectivity index (χ1) is 8.66. The fourth-order valence-corrected chi connectivity index (χ4v) is 3.44. The average molecular weight is 352 g/mol. The lowest BCUT2D eigenvalue weighted by Crippen LogP contribution is -2.17. The smallest absolute Gasteiger partial charge is 0.0465 e. The van der Waals surface area contributed by atoms with Gasteiger partial charge in [0.15, 0.2) is 0 Å². The standard InChI is InChI=1S/C15H17IN2/c1-10-8-13-14(17)6-3-7-15(13)18(10)12-5-2-4-11(16)9-12/h2,4-5,8-9,14H,3,6-7,17H2,1H3. The zero-order valence-electron chi connectivity index (χ0n) is 10.5. The van der Waals surface area contributed by atoms with Gasteiger partial charge in [0, 0.05) is 26.7 Å². The van der Waals surface area contributed by atoms with Crippen molar-refractivity contribution in [2.45, 2.75) is 32.2 Å². The normalized spacial score (nSPS) is 18.7. The molecule has 1 aromatic carbocycles. The first kappa shape index (κ1) is 12.2. The van der Waals surface area contributed by atoms with Crippen LogP contribution in [0.4, 0.5) is 0 Å². The maximum Gasteiger partial charge on any atom is 0.0465 e. The van der Waals surface area contributed by atoms with E-state index < -0.39 is 0 Å². The molecule has 3 heteroatoms. The molecule has 0 saturated carbocycles. The molecule has 3 rings (SSSR count). The van der Waals surface area contributed by atoms with Crippen LogP contribution in [0, 0.1) is 10.5 Å². The lowest BCUT2D eigenvalue weighted by Gasteiger charge is -2.21. The van der Waals surface area contributed by atoms with Crippen LogP contribution in [0.2, 0.25) is 0 Å². The van der Waals surface area contributed by atoms with Crippen LogP contribution in [0.5, 0.6) is 0 Å². The number of benzene rings is 1. The lowest BCUT2D eigenvalue weighted by atomic mass is 9.93. The maximum atomic E-state index is 6.22. The number of nitrogens with zero attached hydrogens (tertiary/aromatic N) is 1. The summed E-state index contributed by atoms with van der Waals surface area (Å²) in [5, 5.41) is 0. The molecule has 0 amide bonds. The molecule has 2 nitrogen and oxygen atoms in total. The Labute approximate surface area is 121 Å². The minimum atomic E-state index is 0.219. The third-order valence-electron chi connectivity index (χ3n) is 3.71. The summed E-state index contributed by atoms with van der Waals surface area (Å²) < 4.78 is 3.64. The van der Waals surface area contributed by atoms with Crippen molar-refractivity contribution in [1.29, 1.82) is 0 Å². The highest BCUT2D eigenvalue weighted by molar-refractivity contribution is 14.1. The molecule has 0 fully saturated rings. The number of aromatic nitrogens is 1. The highest BCUT2D eigenvalue weighted by atomic mass is 127. The van der Waals surface area contributed by atoms with Crippen LogP contribution < -0.4 is 5.73 Å². The highest BCUT2D eigenvalue weighted by Crippen LogP contribution is 2.32. The van der Waals surface area contributed by atoms with Crippen LogP contribution in [0.3, 0.4) is 0 Å². The third kappa shape index (κ3) is 1.99. The minimum absolute atomic E-state index is 0.219. The first-order valence-electron chi connectivity index (χ1n) is 6.39. The van der Waals surface area contributed by atoms with Crippen molar-refractivity contribution in [3.63, 3.8) is 0 Å². The van der Waals surface area contributed by atoms with Gasteiger partial charge in [0.2, 0.25) is 0 Å². The molecule has 0 bridgehead atoms. The molecule has 1 aromatic heterocycles. The summed E-state index contributed by atoms with van der Waals surface area (Å²) in [6, 6.07) is 11.1. The van der Waals surface area contributed by atoms with Gasteiger partial charge in [0.1, 0.15) is 0 Å². The van der Waals surface area contributed by atoms with E-state index in [1.807, 2.05) is 0 Å². The van der Waals surface area contributed by atoms with E-state index in [0.29, 0.717) is 0 Å². The summed E-state index contributed by atoms with van der Waals surface area (Å²) >= 11 is 2.36. The van der Waals surface area contributed by atoms with Gasteiger partial charge in [-0.05, 0) is 78.6 Å². The van der Waals surface area contributed by atoms with Gasteiger partial charge in [-0.3, -0.25) is 0 Å². The van der Waals surface area contributed by atoms with Gasteiger partial charge in [0.05, 0.1) is 0 Å². The summed E-state index contributed by atoms with van der Waals surface area (Å²) in [7, 11) is 0. The molecule has 0 radical (unpaired) electrons. The van der Waals surface area contributed by atoms with Crippen molar-refractivity contribution in [1.82, 2.24) is 4.57 Å². The van der Waals surface area contributed by atoms with Gasteiger partial charge in [0.25, 0.3) is 0 Å². The molecule has 2 aromatic rings. The van der Waals surface area contributed by atoms with Crippen LogP contribution in [-0.4, -0.2) is 4.57 Å². The van der Waals surface area contributed by atoms with Crippen molar-refractivity contribution in [3.05, 3.63) is 50.9 Å². The molecule has 0 spiro atoms. The molecule has 2 N–H and O–H groups in total. The van der Waals surface area contributed by atoms with Gasteiger partial charge < -0.3 is 10.3 Å².